The third-order valence-corrected chi connectivity index (χ3v) is 5.00. The average molecular weight is 421 g/mol. The van der Waals surface area contributed by atoms with Crippen LogP contribution in [0.3, 0.4) is 0 Å². The summed E-state index contributed by atoms with van der Waals surface area (Å²) in [4.78, 5) is 24.3. The van der Waals surface area contributed by atoms with E-state index in [2.05, 4.69) is 5.32 Å². The number of nitrogens with one attached hydrogen (secondary N) is 1. The molecule has 3 aromatic carbocycles. The van der Waals surface area contributed by atoms with Crippen molar-refractivity contribution in [2.75, 3.05) is 13.7 Å². The number of fused-ring (bicyclic) bond motifs is 1. The Balaban J connectivity index is 1.81. The molecule has 0 fully saturated rings. The molecule has 6 heteroatoms. The first kappa shape index (κ1) is 22.2. The van der Waals surface area contributed by atoms with Crippen LogP contribution in [-0.4, -0.2) is 30.7 Å². The van der Waals surface area contributed by atoms with Gasteiger partial charge in [0.05, 0.1) is 32.6 Å². The summed E-state index contributed by atoms with van der Waals surface area (Å²) in [5.41, 5.74) is 1.54. The average Bonchev–Trinajstić information content (AvgIpc) is 2.77. The van der Waals surface area contributed by atoms with Crippen LogP contribution in [0.1, 0.15) is 36.9 Å². The Kier molecular flexibility index (Phi) is 7.49. The highest BCUT2D eigenvalue weighted by Gasteiger charge is 2.20. The smallest absolute Gasteiger partial charge is 0.305 e. The molecule has 6 nitrogen and oxygen atoms in total. The van der Waals surface area contributed by atoms with Gasteiger partial charge in [-0.2, -0.15) is 0 Å². The zero-order valence-electron chi connectivity index (χ0n) is 17.8. The van der Waals surface area contributed by atoms with Gasteiger partial charge in [-0.1, -0.05) is 55.5 Å². The minimum atomic E-state index is -0.999. The molecule has 0 saturated heterocycles. The molecule has 0 spiro atoms. The van der Waals surface area contributed by atoms with Gasteiger partial charge in [-0.25, -0.2) is 0 Å². The fraction of sp³-hybridized carbons (Fsp3) is 0.280. The summed E-state index contributed by atoms with van der Waals surface area (Å²) in [6.07, 6.45) is 0.780. The Bertz CT molecular complexity index is 1060. The SMILES string of the molecule is CCCOc1ccc(C(CC(=O)O)NC(=O)Cc2cccc3ccccc23)cc1OC. The number of carboxylic acids is 1. The summed E-state index contributed by atoms with van der Waals surface area (Å²) in [5.74, 6) is -0.150. The van der Waals surface area contributed by atoms with Crippen molar-refractivity contribution in [2.24, 2.45) is 0 Å². The number of rotatable bonds is 10. The van der Waals surface area contributed by atoms with Gasteiger partial charge in [0.25, 0.3) is 0 Å². The van der Waals surface area contributed by atoms with Crippen LogP contribution in [0.25, 0.3) is 10.8 Å². The predicted molar refractivity (Wildman–Crippen MR) is 120 cm³/mol. The monoisotopic (exact) mass is 421 g/mol. The third kappa shape index (κ3) is 5.75. The standard InChI is InChI=1S/C25H27NO5/c1-3-13-31-22-12-11-19(14-23(22)30-2)21(16-25(28)29)26-24(27)15-18-9-6-8-17-7-4-5-10-20(17)18/h4-12,14,21H,3,13,15-16H2,1-2H3,(H,26,27)(H,28,29). The fourth-order valence-corrected chi connectivity index (χ4v) is 3.52. The zero-order chi connectivity index (χ0) is 22.2. The van der Waals surface area contributed by atoms with Gasteiger partial charge in [-0.3, -0.25) is 9.59 Å². The summed E-state index contributed by atoms with van der Waals surface area (Å²) in [6.45, 7) is 2.56. The number of methoxy groups -OCH3 is 1. The Labute approximate surface area is 181 Å². The fourth-order valence-electron chi connectivity index (χ4n) is 3.52. The molecule has 1 atom stereocenters. The molecule has 162 valence electrons. The molecule has 3 aromatic rings. The van der Waals surface area contributed by atoms with Crippen molar-refractivity contribution < 1.29 is 24.2 Å². The van der Waals surface area contributed by atoms with E-state index < -0.39 is 12.0 Å². The van der Waals surface area contributed by atoms with Gasteiger partial charge < -0.3 is 19.9 Å². The van der Waals surface area contributed by atoms with Crippen LogP contribution >= 0.6 is 0 Å². The van der Waals surface area contributed by atoms with E-state index in [9.17, 15) is 14.7 Å². The molecule has 1 unspecified atom stereocenters. The lowest BCUT2D eigenvalue weighted by atomic mass is 10.00. The number of carboxylic acid groups (broad SMARTS) is 1. The van der Waals surface area contributed by atoms with Crippen LogP contribution in [0.15, 0.2) is 60.7 Å². The van der Waals surface area contributed by atoms with Crippen molar-refractivity contribution in [3.8, 4) is 11.5 Å². The molecule has 0 aliphatic rings. The van der Waals surface area contributed by atoms with Gasteiger partial charge in [0.2, 0.25) is 5.91 Å². The van der Waals surface area contributed by atoms with Gasteiger partial charge in [-0.15, -0.1) is 0 Å². The summed E-state index contributed by atoms with van der Waals surface area (Å²) in [5, 5.41) is 14.3. The number of carbonyl (C=O) groups is 2. The third-order valence-electron chi connectivity index (χ3n) is 5.00. The lowest BCUT2D eigenvalue weighted by Gasteiger charge is -2.20. The normalized spacial score (nSPS) is 11.7. The Hall–Kier alpha value is -3.54. The molecule has 0 heterocycles. The second-order valence-corrected chi connectivity index (χ2v) is 7.29. The van der Waals surface area contributed by atoms with E-state index in [0.29, 0.717) is 23.7 Å². The lowest BCUT2D eigenvalue weighted by molar-refractivity contribution is -0.137. The second kappa shape index (κ2) is 10.5. The number of ether oxygens (including phenoxy) is 2. The summed E-state index contributed by atoms with van der Waals surface area (Å²) >= 11 is 0. The summed E-state index contributed by atoms with van der Waals surface area (Å²) in [7, 11) is 1.53. The van der Waals surface area contributed by atoms with Gasteiger partial charge in [0.1, 0.15) is 0 Å². The molecule has 0 bridgehead atoms. The van der Waals surface area contributed by atoms with Crippen LogP contribution < -0.4 is 14.8 Å². The van der Waals surface area contributed by atoms with Crippen molar-refractivity contribution in [3.05, 3.63) is 71.8 Å². The van der Waals surface area contributed by atoms with E-state index in [1.807, 2.05) is 49.4 Å². The first-order valence-corrected chi connectivity index (χ1v) is 10.3. The van der Waals surface area contributed by atoms with Gasteiger partial charge in [-0.05, 0) is 40.5 Å². The van der Waals surface area contributed by atoms with Crippen LogP contribution in [0.5, 0.6) is 11.5 Å². The van der Waals surface area contributed by atoms with Crippen LogP contribution in [0.2, 0.25) is 0 Å². The maximum absolute atomic E-state index is 12.8. The number of carbonyl (C=O) groups excluding carboxylic acids is 1. The van der Waals surface area contributed by atoms with E-state index in [1.54, 1.807) is 18.2 Å². The first-order valence-electron chi connectivity index (χ1n) is 10.3. The number of aliphatic carboxylic acids is 1. The predicted octanol–water partition coefficient (Wildman–Crippen LogP) is 4.51. The topological polar surface area (TPSA) is 84.9 Å². The molecular formula is C25H27NO5. The van der Waals surface area contributed by atoms with E-state index in [-0.39, 0.29) is 18.7 Å². The number of hydrogen-bond acceptors (Lipinski definition) is 4. The number of amides is 1. The van der Waals surface area contributed by atoms with Gasteiger partial charge in [0, 0.05) is 0 Å². The highest BCUT2D eigenvalue weighted by Crippen LogP contribution is 2.31. The second-order valence-electron chi connectivity index (χ2n) is 7.29. The minimum Gasteiger partial charge on any atom is -0.493 e. The summed E-state index contributed by atoms with van der Waals surface area (Å²) < 4.78 is 11.1. The highest BCUT2D eigenvalue weighted by atomic mass is 16.5. The molecule has 3 rings (SSSR count). The summed E-state index contributed by atoms with van der Waals surface area (Å²) in [6, 6.07) is 18.2. The molecule has 0 radical (unpaired) electrons. The highest BCUT2D eigenvalue weighted by molar-refractivity contribution is 5.90. The van der Waals surface area contributed by atoms with Crippen LogP contribution in [-0.2, 0) is 16.0 Å². The molecule has 0 aromatic heterocycles. The number of benzene rings is 3. The maximum atomic E-state index is 12.8. The Morgan fingerprint density at radius 3 is 2.55 bits per heavy atom. The van der Waals surface area contributed by atoms with E-state index in [4.69, 9.17) is 9.47 Å². The quantitative estimate of drug-likeness (QED) is 0.503. The molecule has 0 saturated carbocycles. The van der Waals surface area contributed by atoms with E-state index in [1.165, 1.54) is 7.11 Å². The minimum absolute atomic E-state index is 0.159. The lowest BCUT2D eigenvalue weighted by Crippen LogP contribution is -2.31. The molecule has 31 heavy (non-hydrogen) atoms. The molecule has 0 aliphatic heterocycles. The molecule has 1 amide bonds. The van der Waals surface area contributed by atoms with Crippen molar-refractivity contribution in [3.63, 3.8) is 0 Å². The van der Waals surface area contributed by atoms with Crippen molar-refractivity contribution >= 4 is 22.6 Å². The zero-order valence-corrected chi connectivity index (χ0v) is 17.8. The largest absolute Gasteiger partial charge is 0.493 e. The van der Waals surface area contributed by atoms with Gasteiger partial charge >= 0.3 is 5.97 Å². The number of hydrogen-bond donors (Lipinski definition) is 2. The molecule has 0 aliphatic carbocycles. The van der Waals surface area contributed by atoms with Crippen molar-refractivity contribution in [2.45, 2.75) is 32.2 Å². The van der Waals surface area contributed by atoms with Crippen molar-refractivity contribution in [1.29, 1.82) is 0 Å². The van der Waals surface area contributed by atoms with E-state index in [0.717, 1.165) is 22.8 Å². The Morgan fingerprint density at radius 1 is 1.03 bits per heavy atom. The van der Waals surface area contributed by atoms with Gasteiger partial charge in [0.15, 0.2) is 11.5 Å². The van der Waals surface area contributed by atoms with E-state index >= 15 is 0 Å². The van der Waals surface area contributed by atoms with Crippen molar-refractivity contribution in [1.82, 2.24) is 5.32 Å². The molecule has 2 N–H and O–H groups in total. The Morgan fingerprint density at radius 2 is 1.81 bits per heavy atom. The first-order chi connectivity index (χ1) is 15.0. The molecular weight excluding hydrogens is 394 g/mol. The maximum Gasteiger partial charge on any atom is 0.305 e. The van der Waals surface area contributed by atoms with Crippen LogP contribution in [0, 0.1) is 0 Å². The van der Waals surface area contributed by atoms with Crippen LogP contribution in [0.4, 0.5) is 0 Å².